The van der Waals surface area contributed by atoms with E-state index >= 15 is 0 Å². The molecule has 1 heterocycles. The van der Waals surface area contributed by atoms with Gasteiger partial charge >= 0.3 is 0 Å². The molecular weight excluding hydrogens is 404 g/mol. The molecule has 176 valence electrons. The smallest absolute Gasteiger partial charge is 0.245 e. The van der Waals surface area contributed by atoms with Crippen molar-refractivity contribution in [3.8, 4) is 11.4 Å². The van der Waals surface area contributed by atoms with Crippen molar-refractivity contribution in [3.05, 3.63) is 36.0 Å². The molecule has 0 fully saturated rings. The van der Waals surface area contributed by atoms with Gasteiger partial charge in [0.25, 0.3) is 0 Å². The highest BCUT2D eigenvalue weighted by Gasteiger charge is 2.23. The van der Waals surface area contributed by atoms with Crippen LogP contribution in [-0.4, -0.2) is 46.7 Å². The van der Waals surface area contributed by atoms with E-state index in [0.717, 1.165) is 42.8 Å². The Morgan fingerprint density at radius 3 is 2.34 bits per heavy atom. The van der Waals surface area contributed by atoms with Crippen LogP contribution in [0, 0.1) is 0 Å². The fraction of sp³-hybridized carbons (Fsp3) is 0.560. The van der Waals surface area contributed by atoms with Crippen LogP contribution in [0.4, 0.5) is 5.82 Å². The van der Waals surface area contributed by atoms with Crippen molar-refractivity contribution >= 4 is 17.6 Å². The minimum absolute atomic E-state index is 0.0257. The summed E-state index contributed by atoms with van der Waals surface area (Å²) in [6.45, 7) is 11.0. The molecule has 0 spiro atoms. The number of hydrogen-bond acceptors (Lipinski definition) is 4. The van der Waals surface area contributed by atoms with E-state index in [-0.39, 0.29) is 23.8 Å². The molecule has 2 amide bonds. The third-order valence-electron chi connectivity index (χ3n) is 5.24. The molecule has 2 rings (SSSR count). The number of nitrogens with one attached hydrogen (secondary N) is 1. The summed E-state index contributed by atoms with van der Waals surface area (Å²) in [5, 5.41) is 7.73. The molecule has 0 aliphatic carbocycles. The fourth-order valence-corrected chi connectivity index (χ4v) is 3.33. The van der Waals surface area contributed by atoms with Gasteiger partial charge < -0.3 is 15.0 Å². The molecule has 7 heteroatoms. The molecule has 0 aliphatic heterocycles. The Balaban J connectivity index is 2.25. The summed E-state index contributed by atoms with van der Waals surface area (Å²) in [6, 6.07) is 9.42. The number of aromatic nitrogens is 2. The van der Waals surface area contributed by atoms with Crippen molar-refractivity contribution in [2.45, 2.75) is 72.1 Å². The van der Waals surface area contributed by atoms with Gasteiger partial charge in [0.2, 0.25) is 11.8 Å². The molecule has 0 saturated carbocycles. The minimum Gasteiger partial charge on any atom is -0.497 e. The van der Waals surface area contributed by atoms with Crippen molar-refractivity contribution in [1.82, 2.24) is 14.7 Å². The van der Waals surface area contributed by atoms with Gasteiger partial charge in [-0.25, -0.2) is 4.68 Å². The van der Waals surface area contributed by atoms with Crippen molar-refractivity contribution in [1.29, 1.82) is 0 Å². The maximum absolute atomic E-state index is 12.9. The second kappa shape index (κ2) is 11.7. The summed E-state index contributed by atoms with van der Waals surface area (Å²) in [5.41, 5.74) is 1.50. The second-order valence-electron chi connectivity index (χ2n) is 9.10. The topological polar surface area (TPSA) is 76.5 Å². The predicted molar refractivity (Wildman–Crippen MR) is 128 cm³/mol. The highest BCUT2D eigenvalue weighted by molar-refractivity contribution is 5.94. The first-order valence-corrected chi connectivity index (χ1v) is 11.5. The van der Waals surface area contributed by atoms with Gasteiger partial charge in [-0.15, -0.1) is 0 Å². The first kappa shape index (κ1) is 25.4. The van der Waals surface area contributed by atoms with Crippen LogP contribution < -0.4 is 10.1 Å². The number of hydrogen-bond donors (Lipinski definition) is 1. The van der Waals surface area contributed by atoms with Crippen LogP contribution in [0.3, 0.4) is 0 Å². The largest absolute Gasteiger partial charge is 0.497 e. The van der Waals surface area contributed by atoms with Gasteiger partial charge in [-0.05, 0) is 37.1 Å². The van der Waals surface area contributed by atoms with Gasteiger partial charge in [0.05, 0.1) is 25.0 Å². The molecule has 0 bridgehead atoms. The number of carbonyl (C=O) groups is 2. The quantitative estimate of drug-likeness (QED) is 0.500. The first-order chi connectivity index (χ1) is 15.2. The maximum Gasteiger partial charge on any atom is 0.245 e. The van der Waals surface area contributed by atoms with E-state index in [2.05, 4.69) is 33.0 Å². The Morgan fingerprint density at radius 2 is 1.78 bits per heavy atom. The molecule has 0 saturated heterocycles. The Morgan fingerprint density at radius 1 is 1.09 bits per heavy atom. The Kier molecular flexibility index (Phi) is 9.29. The molecule has 0 aliphatic rings. The van der Waals surface area contributed by atoms with Crippen LogP contribution in [0.25, 0.3) is 5.69 Å². The van der Waals surface area contributed by atoms with E-state index in [9.17, 15) is 9.59 Å². The number of unbranched alkanes of at least 4 members (excludes halogenated alkanes) is 2. The lowest BCUT2D eigenvalue weighted by atomic mass is 9.92. The molecule has 1 aromatic heterocycles. The number of anilines is 1. The summed E-state index contributed by atoms with van der Waals surface area (Å²) in [6.07, 6.45) is 4.23. The highest BCUT2D eigenvalue weighted by Crippen LogP contribution is 2.27. The van der Waals surface area contributed by atoms with Gasteiger partial charge in [-0.2, -0.15) is 5.10 Å². The van der Waals surface area contributed by atoms with Crippen LogP contribution in [-0.2, 0) is 15.0 Å². The van der Waals surface area contributed by atoms with Crippen LogP contribution in [0.2, 0.25) is 0 Å². The SMILES string of the molecule is CCCCCN(CC(=O)Nc1cc(C(C)(C)C)nn1-c1ccc(OC)cc1)C(=O)CCC. The normalized spacial score (nSPS) is 11.3. The van der Waals surface area contributed by atoms with Crippen molar-refractivity contribution in [2.75, 3.05) is 25.5 Å². The van der Waals surface area contributed by atoms with Crippen molar-refractivity contribution < 1.29 is 14.3 Å². The zero-order valence-electron chi connectivity index (χ0n) is 20.4. The summed E-state index contributed by atoms with van der Waals surface area (Å²) < 4.78 is 6.98. The number of methoxy groups -OCH3 is 1. The van der Waals surface area contributed by atoms with E-state index in [4.69, 9.17) is 9.84 Å². The molecule has 7 nitrogen and oxygen atoms in total. The highest BCUT2D eigenvalue weighted by atomic mass is 16.5. The molecule has 0 unspecified atom stereocenters. The number of rotatable bonds is 11. The summed E-state index contributed by atoms with van der Waals surface area (Å²) >= 11 is 0. The van der Waals surface area contributed by atoms with E-state index in [1.54, 1.807) is 16.7 Å². The molecular formula is C25H38N4O3. The van der Waals surface area contributed by atoms with Gasteiger partial charge in [0, 0.05) is 24.4 Å². The minimum atomic E-state index is -0.221. The summed E-state index contributed by atoms with van der Waals surface area (Å²) in [7, 11) is 1.62. The first-order valence-electron chi connectivity index (χ1n) is 11.5. The molecule has 0 radical (unpaired) electrons. The standard InChI is InChI=1S/C25H38N4O3/c1-7-9-10-16-28(24(31)11-8-2)18-23(30)26-22-17-21(25(3,4)5)27-29(22)19-12-14-20(32-6)15-13-19/h12-15,17H,7-11,16,18H2,1-6H3,(H,26,30). The van der Waals surface area contributed by atoms with Gasteiger partial charge in [-0.3, -0.25) is 9.59 Å². The fourth-order valence-electron chi connectivity index (χ4n) is 3.33. The van der Waals surface area contributed by atoms with E-state index in [0.29, 0.717) is 18.8 Å². The van der Waals surface area contributed by atoms with Gasteiger partial charge in [0.15, 0.2) is 0 Å². The molecule has 1 aromatic carbocycles. The lowest BCUT2D eigenvalue weighted by Gasteiger charge is -2.22. The van der Waals surface area contributed by atoms with E-state index in [1.807, 2.05) is 37.3 Å². The van der Waals surface area contributed by atoms with Gasteiger partial charge in [0.1, 0.15) is 11.6 Å². The van der Waals surface area contributed by atoms with Crippen molar-refractivity contribution in [2.24, 2.45) is 0 Å². The number of nitrogens with zero attached hydrogens (tertiary/aromatic N) is 3. The van der Waals surface area contributed by atoms with E-state index in [1.165, 1.54) is 0 Å². The van der Waals surface area contributed by atoms with Gasteiger partial charge in [-0.1, -0.05) is 47.5 Å². The lowest BCUT2D eigenvalue weighted by molar-refractivity contribution is -0.134. The van der Waals surface area contributed by atoms with E-state index < -0.39 is 0 Å². The van der Waals surface area contributed by atoms with Crippen LogP contribution in [0.15, 0.2) is 30.3 Å². The van der Waals surface area contributed by atoms with Crippen LogP contribution in [0.1, 0.15) is 72.4 Å². The number of carbonyl (C=O) groups excluding carboxylic acids is 2. The zero-order chi connectivity index (χ0) is 23.7. The third kappa shape index (κ3) is 7.11. The molecule has 1 N–H and O–H groups in total. The monoisotopic (exact) mass is 442 g/mol. The molecule has 2 aromatic rings. The Labute approximate surface area is 192 Å². The maximum atomic E-state index is 12.9. The lowest BCUT2D eigenvalue weighted by Crippen LogP contribution is -2.38. The Hall–Kier alpha value is -2.83. The van der Waals surface area contributed by atoms with Crippen LogP contribution in [0.5, 0.6) is 5.75 Å². The average molecular weight is 443 g/mol. The number of benzene rings is 1. The van der Waals surface area contributed by atoms with Crippen LogP contribution >= 0.6 is 0 Å². The third-order valence-corrected chi connectivity index (χ3v) is 5.24. The van der Waals surface area contributed by atoms with Crippen molar-refractivity contribution in [3.63, 3.8) is 0 Å². The molecule has 0 atom stereocenters. The number of ether oxygens (including phenoxy) is 1. The number of amides is 2. The predicted octanol–water partition coefficient (Wildman–Crippen LogP) is 4.94. The molecule has 32 heavy (non-hydrogen) atoms. The summed E-state index contributed by atoms with van der Waals surface area (Å²) in [4.78, 5) is 27.1. The average Bonchev–Trinajstić information content (AvgIpc) is 3.17. The second-order valence-corrected chi connectivity index (χ2v) is 9.10. The summed E-state index contributed by atoms with van der Waals surface area (Å²) in [5.74, 6) is 1.14. The zero-order valence-corrected chi connectivity index (χ0v) is 20.4. The Bertz CT molecular complexity index is 882.